The van der Waals surface area contributed by atoms with Gasteiger partial charge >= 0.3 is 0 Å². The molecule has 3 aromatic heterocycles. The summed E-state index contributed by atoms with van der Waals surface area (Å²) in [5, 5.41) is 8.24. The van der Waals surface area contributed by atoms with Crippen molar-refractivity contribution >= 4 is 16.8 Å². The molecule has 0 spiro atoms. The third-order valence-corrected chi connectivity index (χ3v) is 5.31. The fraction of sp³-hybridized carbons (Fsp3) is 0.0769. The summed E-state index contributed by atoms with van der Waals surface area (Å²) >= 11 is 0. The molecular weight excluding hydrogens is 414 g/mol. The second-order valence-corrected chi connectivity index (χ2v) is 7.50. The van der Waals surface area contributed by atoms with Gasteiger partial charge in [0, 0.05) is 48.3 Å². The highest BCUT2D eigenvalue weighted by atomic mass is 16.5. The van der Waals surface area contributed by atoms with Gasteiger partial charge in [-0.25, -0.2) is 0 Å². The van der Waals surface area contributed by atoms with Crippen molar-refractivity contribution in [2.45, 2.75) is 0 Å². The fourth-order valence-corrected chi connectivity index (χ4v) is 3.73. The predicted octanol–water partition coefficient (Wildman–Crippen LogP) is 4.46. The van der Waals surface area contributed by atoms with Gasteiger partial charge in [0.2, 0.25) is 0 Å². The molecule has 0 atom stereocenters. The molecule has 33 heavy (non-hydrogen) atoms. The van der Waals surface area contributed by atoms with Crippen molar-refractivity contribution in [2.24, 2.45) is 7.05 Å². The standard InChI is InChI=1S/C26H21N5O2/c1-31-16-23(18-10-13-27-14-11-18)25(30-31)19-6-8-20(9-7-19)33-17-29-26(32)22-12-15-28-24-5-3-2-4-21(22)24/h2-16H,17H2,1H3,(H,29,32). The lowest BCUT2D eigenvalue weighted by Crippen LogP contribution is -2.27. The number of nitrogens with one attached hydrogen (secondary N) is 1. The van der Waals surface area contributed by atoms with Crippen LogP contribution in [0, 0.1) is 0 Å². The molecule has 7 heteroatoms. The fourth-order valence-electron chi connectivity index (χ4n) is 3.73. The molecule has 5 aromatic rings. The van der Waals surface area contributed by atoms with E-state index in [-0.39, 0.29) is 12.6 Å². The number of fused-ring (bicyclic) bond motifs is 1. The van der Waals surface area contributed by atoms with Gasteiger partial charge in [-0.15, -0.1) is 0 Å². The maximum Gasteiger partial charge on any atom is 0.254 e. The van der Waals surface area contributed by atoms with Gasteiger partial charge in [0.1, 0.15) is 11.4 Å². The van der Waals surface area contributed by atoms with E-state index in [1.165, 1.54) is 0 Å². The number of amides is 1. The molecule has 0 aliphatic carbocycles. The summed E-state index contributed by atoms with van der Waals surface area (Å²) in [6.45, 7) is 0.0562. The molecule has 0 aliphatic rings. The second-order valence-electron chi connectivity index (χ2n) is 7.50. The minimum absolute atomic E-state index is 0.0562. The number of pyridine rings is 2. The Kier molecular flexibility index (Phi) is 5.51. The van der Waals surface area contributed by atoms with E-state index in [1.807, 2.05) is 73.9 Å². The van der Waals surface area contributed by atoms with Gasteiger partial charge in [-0.2, -0.15) is 5.10 Å². The second kappa shape index (κ2) is 8.92. The van der Waals surface area contributed by atoms with Gasteiger partial charge in [-0.05, 0) is 54.1 Å². The number of aryl methyl sites for hydroxylation is 1. The summed E-state index contributed by atoms with van der Waals surface area (Å²) in [5.41, 5.74) is 5.29. The van der Waals surface area contributed by atoms with Gasteiger partial charge in [0.25, 0.3) is 5.91 Å². The Hall–Kier alpha value is -4.52. The van der Waals surface area contributed by atoms with Crippen LogP contribution in [0.5, 0.6) is 5.75 Å². The normalized spacial score (nSPS) is 10.8. The van der Waals surface area contributed by atoms with E-state index in [4.69, 9.17) is 4.74 Å². The van der Waals surface area contributed by atoms with E-state index >= 15 is 0 Å². The summed E-state index contributed by atoms with van der Waals surface area (Å²) in [4.78, 5) is 21.0. The molecule has 3 heterocycles. The van der Waals surface area contributed by atoms with Crippen LogP contribution in [0.15, 0.2) is 91.5 Å². The first-order valence-electron chi connectivity index (χ1n) is 10.5. The lowest BCUT2D eigenvalue weighted by Gasteiger charge is -2.10. The summed E-state index contributed by atoms with van der Waals surface area (Å²) in [5.74, 6) is 0.445. The Labute approximate surface area is 190 Å². The zero-order valence-corrected chi connectivity index (χ0v) is 18.0. The summed E-state index contributed by atoms with van der Waals surface area (Å²) in [6, 6.07) is 20.8. The summed E-state index contributed by atoms with van der Waals surface area (Å²) < 4.78 is 7.54. The Morgan fingerprint density at radius 3 is 2.55 bits per heavy atom. The van der Waals surface area contributed by atoms with Crippen molar-refractivity contribution in [3.8, 4) is 28.1 Å². The van der Waals surface area contributed by atoms with Crippen LogP contribution >= 0.6 is 0 Å². The number of ether oxygens (including phenoxy) is 1. The molecule has 162 valence electrons. The van der Waals surface area contributed by atoms with Crippen molar-refractivity contribution in [2.75, 3.05) is 6.73 Å². The number of nitrogens with zero attached hydrogens (tertiary/aromatic N) is 4. The monoisotopic (exact) mass is 435 g/mol. The van der Waals surface area contributed by atoms with Crippen LogP contribution < -0.4 is 10.1 Å². The first-order chi connectivity index (χ1) is 16.2. The van der Waals surface area contributed by atoms with Crippen LogP contribution in [-0.2, 0) is 7.05 Å². The van der Waals surface area contributed by atoms with E-state index in [9.17, 15) is 4.79 Å². The van der Waals surface area contributed by atoms with Crippen molar-refractivity contribution < 1.29 is 9.53 Å². The van der Waals surface area contributed by atoms with Gasteiger partial charge < -0.3 is 10.1 Å². The Morgan fingerprint density at radius 1 is 0.939 bits per heavy atom. The van der Waals surface area contributed by atoms with Gasteiger partial charge in [-0.1, -0.05) is 18.2 Å². The third-order valence-electron chi connectivity index (χ3n) is 5.31. The minimum Gasteiger partial charge on any atom is -0.473 e. The lowest BCUT2D eigenvalue weighted by molar-refractivity contribution is 0.0920. The van der Waals surface area contributed by atoms with Crippen LogP contribution in [0.3, 0.4) is 0 Å². The quantitative estimate of drug-likeness (QED) is 0.398. The number of carbonyl (C=O) groups excluding carboxylic acids is 1. The molecule has 0 unspecified atom stereocenters. The van der Waals surface area contributed by atoms with Crippen LogP contribution in [0.2, 0.25) is 0 Å². The highest BCUT2D eigenvalue weighted by Crippen LogP contribution is 2.31. The summed E-state index contributed by atoms with van der Waals surface area (Å²) in [6.07, 6.45) is 7.17. The molecule has 0 fully saturated rings. The van der Waals surface area contributed by atoms with E-state index in [2.05, 4.69) is 20.4 Å². The number of aromatic nitrogens is 4. The first kappa shape index (κ1) is 20.4. The van der Waals surface area contributed by atoms with Crippen LogP contribution in [0.25, 0.3) is 33.3 Å². The Bertz CT molecular complexity index is 1410. The number of para-hydroxylation sites is 1. The van der Waals surface area contributed by atoms with Crippen LogP contribution in [-0.4, -0.2) is 32.4 Å². The molecule has 0 radical (unpaired) electrons. The van der Waals surface area contributed by atoms with Gasteiger partial charge in [0.05, 0.1) is 11.1 Å². The maximum atomic E-state index is 12.6. The van der Waals surface area contributed by atoms with E-state index in [0.717, 1.165) is 33.3 Å². The molecule has 7 nitrogen and oxygen atoms in total. The maximum absolute atomic E-state index is 12.6. The van der Waals surface area contributed by atoms with Crippen molar-refractivity contribution in [1.29, 1.82) is 0 Å². The largest absolute Gasteiger partial charge is 0.473 e. The number of rotatable bonds is 6. The zero-order valence-electron chi connectivity index (χ0n) is 18.0. The van der Waals surface area contributed by atoms with E-state index < -0.39 is 0 Å². The molecule has 0 saturated heterocycles. The van der Waals surface area contributed by atoms with E-state index in [0.29, 0.717) is 11.3 Å². The van der Waals surface area contributed by atoms with E-state index in [1.54, 1.807) is 29.3 Å². The third kappa shape index (κ3) is 4.29. The summed E-state index contributed by atoms with van der Waals surface area (Å²) in [7, 11) is 1.90. The van der Waals surface area contributed by atoms with Gasteiger partial charge in [0.15, 0.2) is 6.73 Å². The number of hydrogen-bond donors (Lipinski definition) is 1. The molecule has 0 aliphatic heterocycles. The smallest absolute Gasteiger partial charge is 0.254 e. The SMILES string of the molecule is Cn1cc(-c2ccncc2)c(-c2ccc(OCNC(=O)c3ccnc4ccccc34)cc2)n1. The predicted molar refractivity (Wildman–Crippen MR) is 127 cm³/mol. The Balaban J connectivity index is 1.26. The lowest BCUT2D eigenvalue weighted by atomic mass is 10.0. The highest BCUT2D eigenvalue weighted by molar-refractivity contribution is 6.05. The first-order valence-corrected chi connectivity index (χ1v) is 10.5. The molecule has 2 aromatic carbocycles. The number of carbonyl (C=O) groups is 1. The molecule has 0 bridgehead atoms. The molecule has 5 rings (SSSR count). The molecule has 1 N–H and O–H groups in total. The number of benzene rings is 2. The number of hydrogen-bond acceptors (Lipinski definition) is 5. The van der Waals surface area contributed by atoms with Crippen molar-refractivity contribution in [1.82, 2.24) is 25.1 Å². The molecule has 1 amide bonds. The minimum atomic E-state index is -0.208. The highest BCUT2D eigenvalue weighted by Gasteiger charge is 2.13. The van der Waals surface area contributed by atoms with Crippen LogP contribution in [0.4, 0.5) is 0 Å². The Morgan fingerprint density at radius 2 is 1.73 bits per heavy atom. The average molecular weight is 435 g/mol. The topological polar surface area (TPSA) is 81.9 Å². The average Bonchev–Trinajstić information content (AvgIpc) is 3.26. The zero-order chi connectivity index (χ0) is 22.6. The van der Waals surface area contributed by atoms with Crippen molar-refractivity contribution in [3.63, 3.8) is 0 Å². The van der Waals surface area contributed by atoms with Crippen molar-refractivity contribution in [3.05, 3.63) is 97.1 Å². The van der Waals surface area contributed by atoms with Crippen LogP contribution in [0.1, 0.15) is 10.4 Å². The molecular formula is C26H21N5O2. The van der Waals surface area contributed by atoms with Gasteiger partial charge in [-0.3, -0.25) is 19.4 Å². The molecule has 0 saturated carbocycles.